The SMILES string of the molecule is Cl.NCC(NC(=O)C1(c2ccc(Cl)cc2)CC1)C1CC1. The summed E-state index contributed by atoms with van der Waals surface area (Å²) >= 11 is 5.90. The van der Waals surface area contributed by atoms with E-state index in [1.54, 1.807) is 0 Å². The van der Waals surface area contributed by atoms with Gasteiger partial charge in [0, 0.05) is 17.6 Å². The van der Waals surface area contributed by atoms with Crippen molar-refractivity contribution >= 4 is 29.9 Å². The van der Waals surface area contributed by atoms with E-state index in [1.807, 2.05) is 24.3 Å². The van der Waals surface area contributed by atoms with Crippen molar-refractivity contribution in [2.45, 2.75) is 37.1 Å². The first-order valence-electron chi connectivity index (χ1n) is 6.93. The van der Waals surface area contributed by atoms with Crippen LogP contribution in [-0.2, 0) is 10.2 Å². The predicted octanol–water partition coefficient (Wildman–Crippen LogP) is 2.65. The minimum Gasteiger partial charge on any atom is -0.351 e. The fourth-order valence-corrected chi connectivity index (χ4v) is 2.84. The van der Waals surface area contributed by atoms with Gasteiger partial charge in [0.25, 0.3) is 0 Å². The summed E-state index contributed by atoms with van der Waals surface area (Å²) in [4.78, 5) is 12.5. The summed E-state index contributed by atoms with van der Waals surface area (Å²) in [6, 6.07) is 7.78. The summed E-state index contributed by atoms with van der Waals surface area (Å²) in [7, 11) is 0. The molecule has 3 nitrogen and oxygen atoms in total. The third-order valence-corrected chi connectivity index (χ3v) is 4.59. The highest BCUT2D eigenvalue weighted by atomic mass is 35.5. The normalized spacial score (nSPS) is 20.7. The summed E-state index contributed by atoms with van der Waals surface area (Å²) in [5, 5.41) is 3.85. The number of nitrogens with two attached hydrogens (primary N) is 1. The van der Waals surface area contributed by atoms with Crippen molar-refractivity contribution in [3.8, 4) is 0 Å². The zero-order chi connectivity index (χ0) is 13.5. The molecule has 2 aliphatic carbocycles. The Morgan fingerprint density at radius 3 is 2.40 bits per heavy atom. The van der Waals surface area contributed by atoms with Crippen LogP contribution in [0.15, 0.2) is 24.3 Å². The van der Waals surface area contributed by atoms with E-state index in [1.165, 1.54) is 12.8 Å². The van der Waals surface area contributed by atoms with Crippen LogP contribution >= 0.6 is 24.0 Å². The number of hydrogen-bond donors (Lipinski definition) is 2. The van der Waals surface area contributed by atoms with Crippen LogP contribution in [0.2, 0.25) is 5.02 Å². The fraction of sp³-hybridized carbons (Fsp3) is 0.533. The van der Waals surface area contributed by atoms with Crippen LogP contribution in [0.3, 0.4) is 0 Å². The molecule has 0 aliphatic heterocycles. The maximum Gasteiger partial charge on any atom is 0.230 e. The van der Waals surface area contributed by atoms with E-state index in [0.717, 1.165) is 18.4 Å². The van der Waals surface area contributed by atoms with Gasteiger partial charge in [-0.2, -0.15) is 0 Å². The van der Waals surface area contributed by atoms with Crippen molar-refractivity contribution in [2.24, 2.45) is 11.7 Å². The molecule has 1 aromatic rings. The summed E-state index contributed by atoms with van der Waals surface area (Å²) in [6.07, 6.45) is 4.22. The van der Waals surface area contributed by atoms with Crippen molar-refractivity contribution in [2.75, 3.05) is 6.54 Å². The first kappa shape index (κ1) is 15.6. The monoisotopic (exact) mass is 314 g/mol. The number of rotatable bonds is 5. The van der Waals surface area contributed by atoms with Crippen LogP contribution < -0.4 is 11.1 Å². The summed E-state index contributed by atoms with van der Waals surface area (Å²) in [5.41, 5.74) is 6.50. The number of carbonyl (C=O) groups excluding carboxylic acids is 1. The smallest absolute Gasteiger partial charge is 0.230 e. The molecule has 1 amide bonds. The second-order valence-electron chi connectivity index (χ2n) is 5.74. The molecule has 0 radical (unpaired) electrons. The van der Waals surface area contributed by atoms with Gasteiger partial charge < -0.3 is 11.1 Å². The van der Waals surface area contributed by atoms with E-state index in [9.17, 15) is 4.79 Å². The number of halogens is 2. The largest absolute Gasteiger partial charge is 0.351 e. The minimum absolute atomic E-state index is 0. The molecule has 110 valence electrons. The van der Waals surface area contributed by atoms with Crippen molar-refractivity contribution in [3.63, 3.8) is 0 Å². The number of nitrogens with one attached hydrogen (secondary N) is 1. The lowest BCUT2D eigenvalue weighted by Gasteiger charge is -2.21. The lowest BCUT2D eigenvalue weighted by Crippen LogP contribution is -2.46. The standard InChI is InChI=1S/C15H19ClN2O.ClH/c16-12-5-3-11(4-6-12)15(7-8-15)14(19)18-13(9-17)10-1-2-10;/h3-6,10,13H,1-2,7-9,17H2,(H,18,19);1H. The molecule has 1 atom stereocenters. The summed E-state index contributed by atoms with van der Waals surface area (Å²) < 4.78 is 0. The molecule has 1 aromatic carbocycles. The van der Waals surface area contributed by atoms with Crippen LogP contribution in [0.1, 0.15) is 31.2 Å². The highest BCUT2D eigenvalue weighted by Crippen LogP contribution is 2.49. The number of carbonyl (C=O) groups is 1. The Kier molecular flexibility index (Phi) is 4.62. The van der Waals surface area contributed by atoms with Gasteiger partial charge in [0.2, 0.25) is 5.91 Å². The first-order valence-corrected chi connectivity index (χ1v) is 7.30. The summed E-state index contributed by atoms with van der Waals surface area (Å²) in [5.74, 6) is 0.729. The molecule has 3 N–H and O–H groups in total. The topological polar surface area (TPSA) is 55.1 Å². The Hall–Kier alpha value is -0.770. The van der Waals surface area contributed by atoms with Gasteiger partial charge in [-0.05, 0) is 49.3 Å². The summed E-state index contributed by atoms with van der Waals surface area (Å²) in [6.45, 7) is 0.535. The number of hydrogen-bond acceptors (Lipinski definition) is 2. The van der Waals surface area contributed by atoms with Gasteiger partial charge in [0.1, 0.15) is 0 Å². The molecule has 0 aromatic heterocycles. The van der Waals surface area contributed by atoms with Crippen LogP contribution in [0.5, 0.6) is 0 Å². The van der Waals surface area contributed by atoms with Crippen molar-refractivity contribution < 1.29 is 4.79 Å². The van der Waals surface area contributed by atoms with E-state index in [-0.39, 0.29) is 29.8 Å². The molecule has 2 aliphatic rings. The Balaban J connectivity index is 0.00000147. The van der Waals surface area contributed by atoms with Gasteiger partial charge in [0.05, 0.1) is 5.41 Å². The lowest BCUT2D eigenvalue weighted by atomic mass is 9.94. The average molecular weight is 315 g/mol. The minimum atomic E-state index is -0.326. The first-order chi connectivity index (χ1) is 9.15. The van der Waals surface area contributed by atoms with Crippen molar-refractivity contribution in [3.05, 3.63) is 34.9 Å². The molecule has 0 heterocycles. The molecule has 0 saturated heterocycles. The van der Waals surface area contributed by atoms with E-state index in [2.05, 4.69) is 5.32 Å². The Bertz CT molecular complexity index is 481. The van der Waals surface area contributed by atoms with Crippen LogP contribution in [0.4, 0.5) is 0 Å². The number of amides is 1. The lowest BCUT2D eigenvalue weighted by molar-refractivity contribution is -0.124. The Labute approximate surface area is 130 Å². The Morgan fingerprint density at radius 2 is 1.95 bits per heavy atom. The third kappa shape index (κ3) is 2.95. The zero-order valence-corrected chi connectivity index (χ0v) is 12.8. The maximum atomic E-state index is 12.5. The van der Waals surface area contributed by atoms with Crippen molar-refractivity contribution in [1.82, 2.24) is 5.32 Å². The van der Waals surface area contributed by atoms with Gasteiger partial charge in [-0.25, -0.2) is 0 Å². The molecule has 0 spiro atoms. The van der Waals surface area contributed by atoms with E-state index in [0.29, 0.717) is 17.5 Å². The molecular formula is C15H20Cl2N2O. The molecule has 1 unspecified atom stereocenters. The van der Waals surface area contributed by atoms with E-state index in [4.69, 9.17) is 17.3 Å². The molecular weight excluding hydrogens is 295 g/mol. The van der Waals surface area contributed by atoms with Gasteiger partial charge in [-0.3, -0.25) is 4.79 Å². The highest BCUT2D eigenvalue weighted by Gasteiger charge is 2.52. The van der Waals surface area contributed by atoms with Crippen molar-refractivity contribution in [1.29, 1.82) is 0 Å². The maximum absolute atomic E-state index is 12.5. The number of benzene rings is 1. The Morgan fingerprint density at radius 1 is 1.35 bits per heavy atom. The van der Waals surface area contributed by atoms with Gasteiger partial charge in [0.15, 0.2) is 0 Å². The molecule has 5 heteroatoms. The van der Waals surface area contributed by atoms with E-state index >= 15 is 0 Å². The predicted molar refractivity (Wildman–Crippen MR) is 83.3 cm³/mol. The van der Waals surface area contributed by atoms with E-state index < -0.39 is 0 Å². The quantitative estimate of drug-likeness (QED) is 0.878. The van der Waals surface area contributed by atoms with Crippen LogP contribution in [-0.4, -0.2) is 18.5 Å². The highest BCUT2D eigenvalue weighted by molar-refractivity contribution is 6.30. The average Bonchev–Trinajstić information content (AvgIpc) is 3.29. The van der Waals surface area contributed by atoms with Gasteiger partial charge in [-0.15, -0.1) is 12.4 Å². The van der Waals surface area contributed by atoms with Crippen LogP contribution in [0, 0.1) is 5.92 Å². The fourth-order valence-electron chi connectivity index (χ4n) is 2.72. The molecule has 2 saturated carbocycles. The second-order valence-corrected chi connectivity index (χ2v) is 6.18. The second kappa shape index (κ2) is 5.92. The third-order valence-electron chi connectivity index (χ3n) is 4.34. The molecule has 2 fully saturated rings. The molecule has 0 bridgehead atoms. The van der Waals surface area contributed by atoms with Crippen LogP contribution in [0.25, 0.3) is 0 Å². The zero-order valence-electron chi connectivity index (χ0n) is 11.3. The van der Waals surface area contributed by atoms with Gasteiger partial charge in [-0.1, -0.05) is 23.7 Å². The molecule has 3 rings (SSSR count). The molecule has 20 heavy (non-hydrogen) atoms. The van der Waals surface area contributed by atoms with Gasteiger partial charge >= 0.3 is 0 Å².